The minimum Gasteiger partial charge on any atom is -0.497 e. The second-order valence-corrected chi connectivity index (χ2v) is 9.33. The van der Waals surface area contributed by atoms with Gasteiger partial charge >= 0.3 is 0 Å². The molecule has 3 aromatic carbocycles. The van der Waals surface area contributed by atoms with Crippen LogP contribution in [0.25, 0.3) is 32.6 Å². The molecule has 36 heavy (non-hydrogen) atoms. The first-order valence-electron chi connectivity index (χ1n) is 11.4. The Morgan fingerprint density at radius 3 is 2.31 bits per heavy atom. The zero-order chi connectivity index (χ0) is 25.2. The smallest absolute Gasteiger partial charge is 0.268 e. The molecule has 1 amide bonds. The van der Waals surface area contributed by atoms with Gasteiger partial charge in [-0.05, 0) is 48.4 Å². The Hall–Kier alpha value is -4.36. The average Bonchev–Trinajstić information content (AvgIpc) is 3.25. The maximum atomic E-state index is 13.3. The van der Waals surface area contributed by atoms with E-state index in [2.05, 4.69) is 24.4 Å². The average molecular weight is 496 g/mol. The molecule has 0 fully saturated rings. The topological polar surface area (TPSA) is 86.5 Å². The van der Waals surface area contributed by atoms with Crippen LogP contribution in [-0.2, 0) is 0 Å². The fourth-order valence-electron chi connectivity index (χ4n) is 4.09. The summed E-state index contributed by atoms with van der Waals surface area (Å²) in [5, 5.41) is 3.68. The molecule has 0 aliphatic carbocycles. The van der Waals surface area contributed by atoms with Crippen molar-refractivity contribution in [2.75, 3.05) is 25.3 Å². The number of fused-ring (bicyclic) bond motifs is 1. The van der Waals surface area contributed by atoms with E-state index in [1.165, 1.54) is 16.9 Å². The zero-order valence-corrected chi connectivity index (χ0v) is 21.0. The third kappa shape index (κ3) is 4.36. The number of hydrogen-bond acceptors (Lipinski definition) is 6. The lowest BCUT2D eigenvalue weighted by atomic mass is 9.99. The number of rotatable bonds is 6. The lowest BCUT2D eigenvalue weighted by molar-refractivity contribution is 0.103. The number of nitrogen functional groups attached to an aromatic ring is 1. The van der Waals surface area contributed by atoms with Crippen molar-refractivity contribution in [1.82, 2.24) is 4.98 Å². The van der Waals surface area contributed by atoms with Crippen molar-refractivity contribution >= 4 is 38.8 Å². The lowest BCUT2D eigenvalue weighted by Gasteiger charge is -2.10. The Morgan fingerprint density at radius 1 is 0.917 bits per heavy atom. The van der Waals surface area contributed by atoms with Gasteiger partial charge in [-0.1, -0.05) is 54.1 Å². The van der Waals surface area contributed by atoms with Crippen LogP contribution in [0, 0.1) is 6.92 Å². The molecule has 180 valence electrons. The monoisotopic (exact) mass is 495 g/mol. The van der Waals surface area contributed by atoms with Gasteiger partial charge in [0.2, 0.25) is 0 Å². The minimum absolute atomic E-state index is 0.308. The maximum Gasteiger partial charge on any atom is 0.268 e. The third-order valence-corrected chi connectivity index (χ3v) is 7.11. The molecule has 0 bridgehead atoms. The molecular weight excluding hydrogens is 470 g/mol. The van der Waals surface area contributed by atoms with E-state index in [-0.39, 0.29) is 5.91 Å². The molecule has 0 aliphatic rings. The van der Waals surface area contributed by atoms with Gasteiger partial charge in [-0.3, -0.25) is 4.79 Å². The molecule has 0 saturated carbocycles. The van der Waals surface area contributed by atoms with Crippen molar-refractivity contribution in [2.45, 2.75) is 6.92 Å². The van der Waals surface area contributed by atoms with Crippen LogP contribution in [-0.4, -0.2) is 25.1 Å². The summed E-state index contributed by atoms with van der Waals surface area (Å²) in [4.78, 5) is 19.3. The van der Waals surface area contributed by atoms with E-state index in [1.807, 2.05) is 54.6 Å². The SMILES string of the molecule is COc1ccc(-c2cc(-c3ccc(C)cc3)nc3sc(C(=O)Nc4ccccc4OC)c(N)c23)cc1. The highest BCUT2D eigenvalue weighted by molar-refractivity contribution is 7.21. The van der Waals surface area contributed by atoms with E-state index in [4.69, 9.17) is 20.2 Å². The summed E-state index contributed by atoms with van der Waals surface area (Å²) in [5.41, 5.74) is 12.4. The van der Waals surface area contributed by atoms with Crippen LogP contribution in [0.4, 0.5) is 11.4 Å². The number of hydrogen-bond donors (Lipinski definition) is 2. The number of thiophene rings is 1. The zero-order valence-electron chi connectivity index (χ0n) is 20.2. The van der Waals surface area contributed by atoms with Crippen molar-refractivity contribution in [3.8, 4) is 33.9 Å². The van der Waals surface area contributed by atoms with E-state index in [0.29, 0.717) is 26.8 Å². The Morgan fingerprint density at radius 2 is 1.61 bits per heavy atom. The number of aromatic nitrogens is 1. The number of nitrogens with one attached hydrogen (secondary N) is 1. The number of pyridine rings is 1. The fourth-order valence-corrected chi connectivity index (χ4v) is 5.10. The van der Waals surface area contributed by atoms with Crippen molar-refractivity contribution in [1.29, 1.82) is 0 Å². The number of benzene rings is 3. The van der Waals surface area contributed by atoms with E-state index < -0.39 is 0 Å². The molecular formula is C29H25N3O3S. The normalized spacial score (nSPS) is 10.9. The largest absolute Gasteiger partial charge is 0.497 e. The van der Waals surface area contributed by atoms with Crippen molar-refractivity contribution < 1.29 is 14.3 Å². The van der Waals surface area contributed by atoms with Gasteiger partial charge in [0.1, 0.15) is 21.2 Å². The highest BCUT2D eigenvalue weighted by Gasteiger charge is 2.22. The van der Waals surface area contributed by atoms with Crippen LogP contribution in [0.15, 0.2) is 78.9 Å². The second kappa shape index (κ2) is 9.71. The molecule has 5 aromatic rings. The number of nitrogens with two attached hydrogens (primary N) is 1. The van der Waals surface area contributed by atoms with Crippen LogP contribution in [0.1, 0.15) is 15.2 Å². The predicted octanol–water partition coefficient (Wildman–Crippen LogP) is 6.79. The summed E-state index contributed by atoms with van der Waals surface area (Å²) in [6, 6.07) is 25.3. The summed E-state index contributed by atoms with van der Waals surface area (Å²) >= 11 is 1.28. The number of amides is 1. The third-order valence-electron chi connectivity index (χ3n) is 6.01. The van der Waals surface area contributed by atoms with Gasteiger partial charge in [0.25, 0.3) is 5.91 Å². The first kappa shape index (κ1) is 23.4. The highest BCUT2D eigenvalue weighted by atomic mass is 32.1. The van der Waals surface area contributed by atoms with Gasteiger partial charge in [-0.2, -0.15) is 0 Å². The van der Waals surface area contributed by atoms with Gasteiger partial charge < -0.3 is 20.5 Å². The predicted molar refractivity (Wildman–Crippen MR) is 147 cm³/mol. The molecule has 3 N–H and O–H groups in total. The van der Waals surface area contributed by atoms with Crippen molar-refractivity contribution in [3.63, 3.8) is 0 Å². The van der Waals surface area contributed by atoms with Crippen molar-refractivity contribution in [3.05, 3.63) is 89.3 Å². The number of para-hydroxylation sites is 2. The summed E-state index contributed by atoms with van der Waals surface area (Å²) in [5.74, 6) is 1.03. The number of ether oxygens (including phenoxy) is 2. The van der Waals surface area contributed by atoms with Gasteiger partial charge in [0.05, 0.1) is 31.3 Å². The van der Waals surface area contributed by atoms with E-state index in [9.17, 15) is 4.79 Å². The lowest BCUT2D eigenvalue weighted by Crippen LogP contribution is -2.12. The Balaban J connectivity index is 1.66. The molecule has 2 aromatic heterocycles. The van der Waals surface area contributed by atoms with Crippen LogP contribution < -0.4 is 20.5 Å². The Bertz CT molecular complexity index is 1560. The van der Waals surface area contributed by atoms with Gasteiger partial charge in [-0.15, -0.1) is 11.3 Å². The number of nitrogens with zero attached hydrogens (tertiary/aromatic N) is 1. The molecule has 6 nitrogen and oxygen atoms in total. The first-order chi connectivity index (χ1) is 17.5. The van der Waals surface area contributed by atoms with E-state index >= 15 is 0 Å². The first-order valence-corrected chi connectivity index (χ1v) is 12.2. The van der Waals surface area contributed by atoms with Gasteiger partial charge in [0.15, 0.2) is 0 Å². The highest BCUT2D eigenvalue weighted by Crippen LogP contribution is 2.42. The quantitative estimate of drug-likeness (QED) is 0.271. The van der Waals surface area contributed by atoms with E-state index in [1.54, 1.807) is 26.4 Å². The molecule has 0 radical (unpaired) electrons. The maximum absolute atomic E-state index is 13.3. The van der Waals surface area contributed by atoms with Crippen molar-refractivity contribution in [2.24, 2.45) is 0 Å². The molecule has 0 atom stereocenters. The summed E-state index contributed by atoms with van der Waals surface area (Å²) in [6.07, 6.45) is 0. The molecule has 5 rings (SSSR count). The van der Waals surface area contributed by atoms with Crippen LogP contribution in [0.5, 0.6) is 11.5 Å². The van der Waals surface area contributed by atoms with Gasteiger partial charge in [-0.25, -0.2) is 4.98 Å². The summed E-state index contributed by atoms with van der Waals surface area (Å²) in [7, 11) is 3.20. The molecule has 0 aliphatic heterocycles. The number of anilines is 2. The number of carbonyl (C=O) groups is 1. The summed E-state index contributed by atoms with van der Waals surface area (Å²) in [6.45, 7) is 2.05. The van der Waals surface area contributed by atoms with Crippen LogP contribution in [0.3, 0.4) is 0 Å². The fraction of sp³-hybridized carbons (Fsp3) is 0.103. The van der Waals surface area contributed by atoms with Gasteiger partial charge in [0, 0.05) is 10.9 Å². The Kier molecular flexibility index (Phi) is 6.31. The van der Waals surface area contributed by atoms with Crippen LogP contribution in [0.2, 0.25) is 0 Å². The standard InChI is InChI=1S/C29H25N3O3S/c1-17-8-10-19(11-9-17)23-16-21(18-12-14-20(34-2)15-13-18)25-26(30)27(36-29(25)32-23)28(33)31-22-6-4-5-7-24(22)35-3/h4-16H,30H2,1-3H3,(H,31,33). The number of methoxy groups -OCH3 is 2. The molecule has 0 unspecified atom stereocenters. The molecule has 0 spiro atoms. The van der Waals surface area contributed by atoms with E-state index in [0.717, 1.165) is 33.5 Å². The number of aryl methyl sites for hydroxylation is 1. The molecule has 2 heterocycles. The Labute approximate surface area is 213 Å². The van der Waals surface area contributed by atoms with Crippen LogP contribution >= 0.6 is 11.3 Å². The molecule has 0 saturated heterocycles. The molecule has 7 heteroatoms. The summed E-state index contributed by atoms with van der Waals surface area (Å²) < 4.78 is 10.7. The minimum atomic E-state index is -0.308. The second-order valence-electron chi connectivity index (χ2n) is 8.33. The number of carbonyl (C=O) groups excluding carboxylic acids is 1.